The van der Waals surface area contributed by atoms with E-state index in [-0.39, 0.29) is 6.10 Å². The molecule has 2 heterocycles. The van der Waals surface area contributed by atoms with Gasteiger partial charge in [0.25, 0.3) is 0 Å². The Morgan fingerprint density at radius 2 is 1.35 bits per heavy atom. The van der Waals surface area contributed by atoms with E-state index in [0.717, 1.165) is 74.8 Å². The van der Waals surface area contributed by atoms with Gasteiger partial charge in [0.15, 0.2) is 0 Å². The molecule has 5 heteroatoms. The van der Waals surface area contributed by atoms with Crippen LogP contribution in [0.4, 0.5) is 0 Å². The first-order valence-electron chi connectivity index (χ1n) is 14.4. The Labute approximate surface area is 237 Å². The van der Waals surface area contributed by atoms with E-state index >= 15 is 0 Å². The lowest BCUT2D eigenvalue weighted by Gasteiger charge is -2.40. The largest absolute Gasteiger partial charge is 0.457 e. The van der Waals surface area contributed by atoms with Crippen molar-refractivity contribution < 1.29 is 9.57 Å². The molecule has 2 aliphatic heterocycles. The van der Waals surface area contributed by atoms with Crippen LogP contribution in [-0.4, -0.2) is 54.3 Å². The van der Waals surface area contributed by atoms with Crippen LogP contribution in [-0.2, 0) is 4.84 Å². The van der Waals surface area contributed by atoms with Crippen LogP contribution < -0.4 is 4.74 Å². The third-order valence-corrected chi connectivity index (χ3v) is 7.88. The summed E-state index contributed by atoms with van der Waals surface area (Å²) in [4.78, 5) is 11.1. The molecule has 204 valence electrons. The van der Waals surface area contributed by atoms with Gasteiger partial charge < -0.3 is 14.5 Å². The van der Waals surface area contributed by atoms with Gasteiger partial charge >= 0.3 is 0 Å². The summed E-state index contributed by atoms with van der Waals surface area (Å²) in [6.07, 6.45) is 3.13. The molecule has 5 nitrogen and oxygen atoms in total. The molecular weight excluding hydrogens is 494 g/mol. The first kappa shape index (κ1) is 26.3. The second-order valence-electron chi connectivity index (χ2n) is 10.7. The van der Waals surface area contributed by atoms with E-state index in [1.807, 2.05) is 42.5 Å². The zero-order valence-electron chi connectivity index (χ0n) is 22.9. The average Bonchev–Trinajstić information content (AvgIpc) is 3.49. The Morgan fingerprint density at radius 1 is 0.725 bits per heavy atom. The molecule has 1 unspecified atom stereocenters. The number of oxime groups is 1. The zero-order chi connectivity index (χ0) is 27.0. The van der Waals surface area contributed by atoms with Gasteiger partial charge in [-0.1, -0.05) is 96.2 Å². The van der Waals surface area contributed by atoms with Crippen molar-refractivity contribution in [2.45, 2.75) is 31.4 Å². The van der Waals surface area contributed by atoms with Crippen LogP contribution in [0.15, 0.2) is 120 Å². The molecular formula is C35H37N3O2. The van der Waals surface area contributed by atoms with Crippen LogP contribution in [0.1, 0.15) is 42.0 Å². The molecule has 4 aromatic carbocycles. The van der Waals surface area contributed by atoms with E-state index in [0.29, 0.717) is 6.04 Å². The minimum absolute atomic E-state index is 0.149. The van der Waals surface area contributed by atoms with Crippen LogP contribution in [0.25, 0.3) is 0 Å². The fourth-order valence-electron chi connectivity index (χ4n) is 5.79. The zero-order valence-corrected chi connectivity index (χ0v) is 22.9. The maximum absolute atomic E-state index is 6.01. The quantitative estimate of drug-likeness (QED) is 0.218. The molecule has 0 bridgehead atoms. The second kappa shape index (κ2) is 12.9. The number of hydrogen-bond acceptors (Lipinski definition) is 5. The molecule has 0 radical (unpaired) electrons. The predicted octanol–water partition coefficient (Wildman–Crippen LogP) is 7.16. The number of rotatable bonds is 10. The first-order valence-corrected chi connectivity index (χ1v) is 14.4. The topological polar surface area (TPSA) is 37.3 Å². The summed E-state index contributed by atoms with van der Waals surface area (Å²) in [5.41, 5.74) is 4.81. The maximum atomic E-state index is 6.01. The summed E-state index contributed by atoms with van der Waals surface area (Å²) < 4.78 is 6.01. The Morgan fingerprint density at radius 3 is 2.02 bits per heavy atom. The number of piperazine rings is 1. The Kier molecular flexibility index (Phi) is 8.51. The predicted molar refractivity (Wildman–Crippen MR) is 161 cm³/mol. The van der Waals surface area contributed by atoms with E-state index < -0.39 is 0 Å². The van der Waals surface area contributed by atoms with E-state index in [2.05, 4.69) is 87.8 Å². The maximum Gasteiger partial charge on any atom is 0.133 e. The van der Waals surface area contributed by atoms with Crippen molar-refractivity contribution >= 4 is 5.71 Å². The second-order valence-corrected chi connectivity index (χ2v) is 10.7. The van der Waals surface area contributed by atoms with Crippen molar-refractivity contribution in [2.75, 3.05) is 32.7 Å². The standard InChI is InChI=1S/C35H37N3O2/c1-4-12-28(13-5-1)35(29-14-6-2-7-15-29)38-24-22-37(23-25-38)21-11-20-33-27-34(36-40-33)30-16-10-19-32(26-30)39-31-17-8-3-9-18-31/h1-10,12-19,26,33,35H,11,20-25,27H2. The number of benzene rings is 4. The summed E-state index contributed by atoms with van der Waals surface area (Å²) in [5.74, 6) is 1.65. The summed E-state index contributed by atoms with van der Waals surface area (Å²) >= 11 is 0. The van der Waals surface area contributed by atoms with E-state index in [1.54, 1.807) is 0 Å². The molecule has 0 N–H and O–H groups in total. The normalized spacial score (nSPS) is 17.9. The molecule has 0 aromatic heterocycles. The van der Waals surface area contributed by atoms with E-state index in [9.17, 15) is 0 Å². The number of para-hydroxylation sites is 1. The highest BCUT2D eigenvalue weighted by molar-refractivity contribution is 6.01. The van der Waals surface area contributed by atoms with Crippen LogP contribution in [0.5, 0.6) is 11.5 Å². The highest BCUT2D eigenvalue weighted by Gasteiger charge is 2.27. The SMILES string of the molecule is c1ccc(Oc2cccc(C3=NOC(CCCN4CCN(C(c5ccccc5)c5ccccc5)CC4)C3)c2)cc1. The summed E-state index contributed by atoms with van der Waals surface area (Å²) in [6.45, 7) is 5.44. The molecule has 0 amide bonds. The summed E-state index contributed by atoms with van der Waals surface area (Å²) in [7, 11) is 0. The number of hydrogen-bond donors (Lipinski definition) is 0. The Balaban J connectivity index is 0.965. The van der Waals surface area contributed by atoms with Crippen LogP contribution in [0.3, 0.4) is 0 Å². The fourth-order valence-corrected chi connectivity index (χ4v) is 5.79. The van der Waals surface area contributed by atoms with Crippen molar-refractivity contribution in [1.82, 2.24) is 9.80 Å². The van der Waals surface area contributed by atoms with Crippen molar-refractivity contribution in [1.29, 1.82) is 0 Å². The number of nitrogens with zero attached hydrogens (tertiary/aromatic N) is 3. The van der Waals surface area contributed by atoms with Crippen LogP contribution in [0.2, 0.25) is 0 Å². The molecule has 1 saturated heterocycles. The van der Waals surface area contributed by atoms with Gasteiger partial charge in [0.1, 0.15) is 17.6 Å². The minimum Gasteiger partial charge on any atom is -0.457 e. The van der Waals surface area contributed by atoms with E-state index in [4.69, 9.17) is 9.57 Å². The lowest BCUT2D eigenvalue weighted by Crippen LogP contribution is -2.48. The van der Waals surface area contributed by atoms with Gasteiger partial charge in [-0.05, 0) is 54.8 Å². The summed E-state index contributed by atoms with van der Waals surface area (Å²) in [6, 6.07) is 40.1. The number of ether oxygens (including phenoxy) is 1. The highest BCUT2D eigenvalue weighted by atomic mass is 16.6. The molecule has 6 rings (SSSR count). The molecule has 40 heavy (non-hydrogen) atoms. The van der Waals surface area contributed by atoms with Gasteiger partial charge in [-0.3, -0.25) is 4.90 Å². The first-order chi connectivity index (χ1) is 19.8. The lowest BCUT2D eigenvalue weighted by molar-refractivity contribution is 0.0688. The highest BCUT2D eigenvalue weighted by Crippen LogP contribution is 2.30. The molecule has 1 atom stereocenters. The van der Waals surface area contributed by atoms with Crippen molar-refractivity contribution in [3.8, 4) is 11.5 Å². The lowest BCUT2D eigenvalue weighted by atomic mass is 9.96. The molecule has 0 saturated carbocycles. The van der Waals surface area contributed by atoms with Crippen LogP contribution in [0, 0.1) is 0 Å². The molecule has 1 fully saturated rings. The smallest absolute Gasteiger partial charge is 0.133 e. The van der Waals surface area contributed by atoms with Gasteiger partial charge in [0, 0.05) is 38.2 Å². The van der Waals surface area contributed by atoms with Crippen molar-refractivity contribution in [2.24, 2.45) is 5.16 Å². The fraction of sp³-hybridized carbons (Fsp3) is 0.286. The van der Waals surface area contributed by atoms with Crippen molar-refractivity contribution in [3.63, 3.8) is 0 Å². The van der Waals surface area contributed by atoms with Crippen LogP contribution >= 0.6 is 0 Å². The third kappa shape index (κ3) is 6.61. The van der Waals surface area contributed by atoms with Gasteiger partial charge in [-0.2, -0.15) is 0 Å². The van der Waals surface area contributed by atoms with Gasteiger partial charge in [-0.25, -0.2) is 0 Å². The van der Waals surface area contributed by atoms with Gasteiger partial charge in [0.2, 0.25) is 0 Å². The third-order valence-electron chi connectivity index (χ3n) is 7.88. The van der Waals surface area contributed by atoms with Gasteiger partial charge in [0.05, 0.1) is 11.8 Å². The van der Waals surface area contributed by atoms with Crippen molar-refractivity contribution in [3.05, 3.63) is 132 Å². The Hall–Kier alpha value is -3.93. The van der Waals surface area contributed by atoms with Gasteiger partial charge in [-0.15, -0.1) is 0 Å². The van der Waals surface area contributed by atoms with E-state index in [1.165, 1.54) is 11.1 Å². The molecule has 0 spiro atoms. The monoisotopic (exact) mass is 531 g/mol. The average molecular weight is 532 g/mol. The Bertz CT molecular complexity index is 1330. The molecule has 0 aliphatic carbocycles. The minimum atomic E-state index is 0.149. The molecule has 4 aromatic rings. The summed E-state index contributed by atoms with van der Waals surface area (Å²) in [5, 5.41) is 4.43. The molecule has 2 aliphatic rings.